The number of nitrogens with one attached hydrogen (secondary N) is 3. The molecule has 5 nitrogen and oxygen atoms in total. The molecule has 0 saturated heterocycles. The Morgan fingerprint density at radius 3 is 2.58 bits per heavy atom. The van der Waals surface area contributed by atoms with Gasteiger partial charge >= 0.3 is 0 Å². The molecule has 2 aromatic carbocycles. The van der Waals surface area contributed by atoms with Crippen LogP contribution in [-0.4, -0.2) is 25.5 Å². The summed E-state index contributed by atoms with van der Waals surface area (Å²) < 4.78 is 12.8. The van der Waals surface area contributed by atoms with Crippen LogP contribution in [0.5, 0.6) is 0 Å². The molecule has 0 aromatic heterocycles. The number of nitrogens with zero attached hydrogens (tertiary/aromatic N) is 1. The fraction of sp³-hybridized carbons (Fsp3) is 0.176. The Morgan fingerprint density at radius 2 is 1.92 bits per heavy atom. The van der Waals surface area contributed by atoms with Gasteiger partial charge in [0.1, 0.15) is 5.82 Å². The zero-order valence-electron chi connectivity index (χ0n) is 13.1. The highest BCUT2D eigenvalue weighted by molar-refractivity contribution is 6.30. The Balaban J connectivity index is 1.78. The van der Waals surface area contributed by atoms with E-state index in [0.29, 0.717) is 23.2 Å². The monoisotopic (exact) mass is 348 g/mol. The normalized spacial score (nSPS) is 11.0. The number of halogens is 2. The number of hydrogen-bond acceptors (Lipinski definition) is 2. The van der Waals surface area contributed by atoms with Gasteiger partial charge in [-0.3, -0.25) is 9.79 Å². The van der Waals surface area contributed by atoms with Crippen molar-refractivity contribution in [1.29, 1.82) is 0 Å². The highest BCUT2D eigenvalue weighted by Crippen LogP contribution is 2.10. The first-order valence-electron chi connectivity index (χ1n) is 7.31. The third kappa shape index (κ3) is 5.89. The number of guanidine groups is 1. The largest absolute Gasteiger partial charge is 0.352 e. The van der Waals surface area contributed by atoms with Gasteiger partial charge < -0.3 is 16.0 Å². The van der Waals surface area contributed by atoms with E-state index in [1.165, 1.54) is 24.3 Å². The Labute approximate surface area is 144 Å². The van der Waals surface area contributed by atoms with E-state index in [-0.39, 0.29) is 18.3 Å². The van der Waals surface area contributed by atoms with Crippen molar-refractivity contribution in [2.45, 2.75) is 6.54 Å². The summed E-state index contributed by atoms with van der Waals surface area (Å²) in [6.45, 7) is 0.562. The van der Waals surface area contributed by atoms with E-state index in [0.717, 1.165) is 5.56 Å². The van der Waals surface area contributed by atoms with Gasteiger partial charge in [-0.1, -0.05) is 23.7 Å². The second-order valence-electron chi connectivity index (χ2n) is 4.96. The lowest BCUT2D eigenvalue weighted by Gasteiger charge is -2.12. The fourth-order valence-electron chi connectivity index (χ4n) is 1.96. The summed E-state index contributed by atoms with van der Waals surface area (Å²) in [6.07, 6.45) is 0. The zero-order valence-corrected chi connectivity index (χ0v) is 13.9. The van der Waals surface area contributed by atoms with Crippen LogP contribution >= 0.6 is 11.6 Å². The smallest absolute Gasteiger partial charge is 0.243 e. The Bertz CT molecular complexity index is 719. The molecule has 126 valence electrons. The lowest BCUT2D eigenvalue weighted by atomic mass is 10.2. The molecule has 7 heteroatoms. The summed E-state index contributed by atoms with van der Waals surface area (Å²) in [6, 6.07) is 13.0. The highest BCUT2D eigenvalue weighted by Gasteiger charge is 2.05. The molecule has 1 amide bonds. The number of hydrogen-bond donors (Lipinski definition) is 3. The molecule has 0 radical (unpaired) electrons. The second kappa shape index (κ2) is 8.88. The van der Waals surface area contributed by atoms with Crippen molar-refractivity contribution in [3.63, 3.8) is 0 Å². The average Bonchev–Trinajstić information content (AvgIpc) is 2.57. The van der Waals surface area contributed by atoms with Crippen LogP contribution in [0.15, 0.2) is 53.5 Å². The van der Waals surface area contributed by atoms with Crippen LogP contribution in [-0.2, 0) is 11.3 Å². The van der Waals surface area contributed by atoms with Crippen LogP contribution in [0.3, 0.4) is 0 Å². The lowest BCUT2D eigenvalue weighted by molar-refractivity contribution is -0.115. The summed E-state index contributed by atoms with van der Waals surface area (Å²) in [5.74, 6) is -0.117. The summed E-state index contributed by atoms with van der Waals surface area (Å²) >= 11 is 5.93. The van der Waals surface area contributed by atoms with Crippen LogP contribution in [0.1, 0.15) is 5.56 Å². The molecule has 2 aromatic rings. The number of benzene rings is 2. The van der Waals surface area contributed by atoms with Crippen molar-refractivity contribution in [2.75, 3.05) is 18.9 Å². The van der Waals surface area contributed by atoms with Crippen molar-refractivity contribution in [2.24, 2.45) is 4.99 Å². The molecule has 0 fully saturated rings. The molecular weight excluding hydrogens is 331 g/mol. The summed E-state index contributed by atoms with van der Waals surface area (Å²) in [5, 5.41) is 9.32. The molecule has 0 aliphatic carbocycles. The maximum atomic E-state index is 12.8. The predicted molar refractivity (Wildman–Crippen MR) is 94.7 cm³/mol. The van der Waals surface area contributed by atoms with Gasteiger partial charge in [0.05, 0.1) is 6.54 Å². The minimum Gasteiger partial charge on any atom is -0.352 e. The van der Waals surface area contributed by atoms with E-state index in [4.69, 9.17) is 11.6 Å². The van der Waals surface area contributed by atoms with Crippen molar-refractivity contribution < 1.29 is 9.18 Å². The van der Waals surface area contributed by atoms with Gasteiger partial charge in [-0.05, 0) is 42.0 Å². The molecule has 24 heavy (non-hydrogen) atoms. The SMILES string of the molecule is CN=C(NCC(=O)Nc1ccc(F)cc1)NCc1cccc(Cl)c1. The van der Waals surface area contributed by atoms with Crippen LogP contribution in [0, 0.1) is 5.82 Å². The van der Waals surface area contributed by atoms with Gasteiger partial charge in [-0.25, -0.2) is 4.39 Å². The van der Waals surface area contributed by atoms with Crippen LogP contribution in [0.4, 0.5) is 10.1 Å². The molecule has 3 N–H and O–H groups in total. The molecule has 0 spiro atoms. The van der Waals surface area contributed by atoms with Gasteiger partial charge in [0.25, 0.3) is 0 Å². The number of aliphatic imine (C=N–C) groups is 1. The number of anilines is 1. The van der Waals surface area contributed by atoms with E-state index in [1.807, 2.05) is 18.2 Å². The lowest BCUT2D eigenvalue weighted by Crippen LogP contribution is -2.41. The van der Waals surface area contributed by atoms with Gasteiger partial charge in [0.15, 0.2) is 5.96 Å². The van der Waals surface area contributed by atoms with E-state index >= 15 is 0 Å². The number of carbonyl (C=O) groups is 1. The minimum absolute atomic E-state index is 0.0343. The van der Waals surface area contributed by atoms with Gasteiger partial charge in [-0.2, -0.15) is 0 Å². The zero-order chi connectivity index (χ0) is 17.4. The Hall–Kier alpha value is -2.60. The standard InChI is InChI=1S/C17H18ClFN4O/c1-20-17(21-10-12-3-2-4-13(18)9-12)22-11-16(24)23-15-7-5-14(19)6-8-15/h2-9H,10-11H2,1H3,(H,23,24)(H2,20,21,22). The summed E-state index contributed by atoms with van der Waals surface area (Å²) in [4.78, 5) is 15.9. The molecule has 0 aliphatic heterocycles. The number of amides is 1. The molecule has 0 bridgehead atoms. The van der Waals surface area contributed by atoms with Crippen LogP contribution in [0.25, 0.3) is 0 Å². The summed E-state index contributed by atoms with van der Waals surface area (Å²) in [7, 11) is 1.62. The predicted octanol–water partition coefficient (Wildman–Crippen LogP) is 2.78. The second-order valence-corrected chi connectivity index (χ2v) is 5.40. The van der Waals surface area contributed by atoms with Crippen molar-refractivity contribution in [3.8, 4) is 0 Å². The maximum absolute atomic E-state index is 12.8. The Kier molecular flexibility index (Phi) is 6.57. The molecule has 0 saturated carbocycles. The van der Waals surface area contributed by atoms with Crippen LogP contribution < -0.4 is 16.0 Å². The first kappa shape index (κ1) is 17.7. The fourth-order valence-corrected chi connectivity index (χ4v) is 2.17. The van der Waals surface area contributed by atoms with E-state index in [1.54, 1.807) is 13.1 Å². The molecule has 2 rings (SSSR count). The van der Waals surface area contributed by atoms with Crippen molar-refractivity contribution in [3.05, 3.63) is 64.9 Å². The molecule has 0 aliphatic rings. The topological polar surface area (TPSA) is 65.5 Å². The quantitative estimate of drug-likeness (QED) is 0.575. The average molecular weight is 349 g/mol. The summed E-state index contributed by atoms with van der Waals surface area (Å²) in [5.41, 5.74) is 1.53. The first-order chi connectivity index (χ1) is 11.6. The van der Waals surface area contributed by atoms with Gasteiger partial charge in [-0.15, -0.1) is 0 Å². The first-order valence-corrected chi connectivity index (χ1v) is 7.69. The van der Waals surface area contributed by atoms with Crippen LogP contribution in [0.2, 0.25) is 5.02 Å². The third-order valence-corrected chi connectivity index (χ3v) is 3.35. The third-order valence-electron chi connectivity index (χ3n) is 3.12. The maximum Gasteiger partial charge on any atom is 0.243 e. The number of carbonyl (C=O) groups excluding carboxylic acids is 1. The van der Waals surface area contributed by atoms with E-state index < -0.39 is 0 Å². The van der Waals surface area contributed by atoms with Gasteiger partial charge in [0, 0.05) is 24.3 Å². The molecular formula is C17H18ClFN4O. The van der Waals surface area contributed by atoms with Crippen molar-refractivity contribution >= 4 is 29.2 Å². The van der Waals surface area contributed by atoms with Crippen molar-refractivity contribution in [1.82, 2.24) is 10.6 Å². The highest BCUT2D eigenvalue weighted by atomic mass is 35.5. The molecule has 0 unspecified atom stereocenters. The van der Waals surface area contributed by atoms with Gasteiger partial charge in [0.2, 0.25) is 5.91 Å². The minimum atomic E-state index is -0.350. The molecule has 0 heterocycles. The number of rotatable bonds is 5. The van der Waals surface area contributed by atoms with E-state index in [9.17, 15) is 9.18 Å². The Morgan fingerprint density at radius 1 is 1.17 bits per heavy atom. The van der Waals surface area contributed by atoms with E-state index in [2.05, 4.69) is 20.9 Å². The molecule has 0 atom stereocenters.